The Morgan fingerprint density at radius 2 is 0.543 bits per heavy atom. The van der Waals surface area contributed by atoms with Crippen LogP contribution in [0.3, 0.4) is 0 Å². The van der Waals surface area contributed by atoms with Gasteiger partial charge in [-0.1, -0.05) is 219 Å². The molecule has 0 aliphatic rings. The molecule has 0 radical (unpaired) electrons. The fourth-order valence-corrected chi connectivity index (χ4v) is 6.41. The topological polar surface area (TPSA) is 35.5 Å². The zero-order valence-corrected chi connectivity index (χ0v) is 31.7. The lowest BCUT2D eigenvalue weighted by Gasteiger charge is -2.06. The van der Waals surface area contributed by atoms with Crippen molar-refractivity contribution in [2.75, 3.05) is 13.2 Å². The van der Waals surface area contributed by atoms with Crippen LogP contribution in [0, 0.1) is 0 Å². The number of rotatable bonds is 39. The second-order valence-corrected chi connectivity index (χ2v) is 14.3. The molecule has 0 aliphatic carbocycles. The lowest BCUT2D eigenvalue weighted by Crippen LogP contribution is -2.09. The molecule has 46 heavy (non-hydrogen) atoms. The van der Waals surface area contributed by atoms with Crippen molar-refractivity contribution in [1.82, 2.24) is 0 Å². The molecule has 0 aromatic rings. The maximum atomic E-state index is 11.8. The molecule has 0 fully saturated rings. The largest absolute Gasteiger partial charge is 0.508 e. The Hall–Kier alpha value is -0.990. The monoisotopic (exact) mass is 649 g/mol. The molecule has 0 aromatic carbocycles. The molecule has 0 saturated carbocycles. The van der Waals surface area contributed by atoms with Crippen molar-refractivity contribution in [3.8, 4) is 0 Å². The van der Waals surface area contributed by atoms with Gasteiger partial charge in [-0.05, 0) is 38.5 Å². The average Bonchev–Trinajstić information content (AvgIpc) is 3.06. The van der Waals surface area contributed by atoms with Gasteiger partial charge in [0.1, 0.15) is 0 Å². The van der Waals surface area contributed by atoms with Gasteiger partial charge >= 0.3 is 6.16 Å². The second-order valence-electron chi connectivity index (χ2n) is 14.3. The van der Waals surface area contributed by atoms with Gasteiger partial charge in [-0.3, -0.25) is 0 Å². The van der Waals surface area contributed by atoms with E-state index in [4.69, 9.17) is 9.47 Å². The quantitative estimate of drug-likeness (QED) is 0.0378. The molecule has 0 amide bonds. The molecule has 274 valence electrons. The predicted octanol–water partition coefficient (Wildman–Crippen LogP) is 15.8. The Morgan fingerprint density at radius 1 is 0.326 bits per heavy atom. The minimum Gasteiger partial charge on any atom is -0.434 e. The van der Waals surface area contributed by atoms with Crippen molar-refractivity contribution in [2.24, 2.45) is 0 Å². The molecule has 0 unspecified atom stereocenters. The molecule has 3 heteroatoms. The van der Waals surface area contributed by atoms with Gasteiger partial charge in [0.15, 0.2) is 0 Å². The molecule has 0 bridgehead atoms. The number of carbonyl (C=O) groups is 1. The minimum absolute atomic E-state index is 0.475. The number of unbranched alkanes of at least 4 members (excludes halogenated alkanes) is 33. The summed E-state index contributed by atoms with van der Waals surface area (Å²) in [4.78, 5) is 11.8. The fourth-order valence-electron chi connectivity index (χ4n) is 6.41. The first-order valence-corrected chi connectivity index (χ1v) is 21.3. The van der Waals surface area contributed by atoms with Crippen LogP contribution in [0.15, 0.2) is 12.2 Å². The zero-order chi connectivity index (χ0) is 33.3. The third kappa shape index (κ3) is 41.0. The first kappa shape index (κ1) is 45.0. The van der Waals surface area contributed by atoms with Crippen LogP contribution < -0.4 is 0 Å². The summed E-state index contributed by atoms with van der Waals surface area (Å²) >= 11 is 0. The van der Waals surface area contributed by atoms with Crippen LogP contribution in [0.2, 0.25) is 0 Å². The van der Waals surface area contributed by atoms with Crippen LogP contribution in [-0.2, 0) is 9.47 Å². The van der Waals surface area contributed by atoms with E-state index in [1.165, 1.54) is 205 Å². The Labute approximate surface area is 290 Å². The highest BCUT2D eigenvalue weighted by Gasteiger charge is 2.03. The normalized spacial score (nSPS) is 11.5. The third-order valence-electron chi connectivity index (χ3n) is 9.59. The number of carbonyl (C=O) groups excluding carboxylic acids is 1. The Kier molecular flexibility index (Phi) is 41.1. The molecule has 0 aromatic heterocycles. The van der Waals surface area contributed by atoms with Gasteiger partial charge in [-0.25, -0.2) is 4.79 Å². The van der Waals surface area contributed by atoms with E-state index >= 15 is 0 Å². The predicted molar refractivity (Wildman–Crippen MR) is 204 cm³/mol. The van der Waals surface area contributed by atoms with Crippen LogP contribution in [0.4, 0.5) is 4.79 Å². The highest BCUT2D eigenvalue weighted by atomic mass is 16.7. The molecule has 0 saturated heterocycles. The van der Waals surface area contributed by atoms with E-state index in [2.05, 4.69) is 26.0 Å². The number of hydrogen-bond donors (Lipinski definition) is 0. The zero-order valence-electron chi connectivity index (χ0n) is 31.7. The number of allylic oxidation sites excluding steroid dienone is 2. The molecule has 0 heterocycles. The van der Waals surface area contributed by atoms with E-state index in [-0.39, 0.29) is 0 Å². The van der Waals surface area contributed by atoms with Crippen molar-refractivity contribution in [3.63, 3.8) is 0 Å². The van der Waals surface area contributed by atoms with E-state index in [1.807, 2.05) is 0 Å². The van der Waals surface area contributed by atoms with Gasteiger partial charge in [0, 0.05) is 0 Å². The van der Waals surface area contributed by atoms with Gasteiger partial charge in [-0.15, -0.1) is 0 Å². The molecule has 0 spiro atoms. The highest BCUT2D eigenvalue weighted by Crippen LogP contribution is 2.15. The van der Waals surface area contributed by atoms with E-state index in [1.54, 1.807) is 0 Å². The smallest absolute Gasteiger partial charge is 0.434 e. The van der Waals surface area contributed by atoms with Crippen LogP contribution >= 0.6 is 0 Å². The summed E-state index contributed by atoms with van der Waals surface area (Å²) in [6, 6.07) is 0. The molecule has 0 aliphatic heterocycles. The fraction of sp³-hybridized carbons (Fsp3) is 0.930. The summed E-state index contributed by atoms with van der Waals surface area (Å²) < 4.78 is 10.5. The number of hydrogen-bond acceptors (Lipinski definition) is 3. The maximum Gasteiger partial charge on any atom is 0.508 e. The summed E-state index contributed by atoms with van der Waals surface area (Å²) in [5, 5.41) is 0. The second kappa shape index (κ2) is 42.0. The first-order chi connectivity index (χ1) is 22.8. The van der Waals surface area contributed by atoms with Gasteiger partial charge in [0.2, 0.25) is 0 Å². The molecule has 0 rings (SSSR count). The van der Waals surface area contributed by atoms with Crippen LogP contribution in [-0.4, -0.2) is 19.4 Å². The minimum atomic E-state index is -0.475. The molecular formula is C43H84O3. The molecule has 0 N–H and O–H groups in total. The third-order valence-corrected chi connectivity index (χ3v) is 9.59. The van der Waals surface area contributed by atoms with Crippen molar-refractivity contribution < 1.29 is 14.3 Å². The lowest BCUT2D eigenvalue weighted by atomic mass is 10.0. The van der Waals surface area contributed by atoms with E-state index in [0.29, 0.717) is 13.2 Å². The van der Waals surface area contributed by atoms with Gasteiger partial charge in [0.05, 0.1) is 13.2 Å². The highest BCUT2D eigenvalue weighted by molar-refractivity contribution is 5.59. The summed E-state index contributed by atoms with van der Waals surface area (Å²) in [6.07, 6.45) is 52.8. The Morgan fingerprint density at radius 3 is 0.804 bits per heavy atom. The average molecular weight is 649 g/mol. The molecule has 0 atom stereocenters. The van der Waals surface area contributed by atoms with E-state index in [9.17, 15) is 4.79 Å². The standard InChI is InChI=1S/C43H84O3/c1-3-5-7-9-11-13-15-17-19-21-23-24-26-28-30-32-34-36-38-40-42-46-43(44)45-41-39-37-35-33-31-29-27-25-22-20-18-16-14-12-10-8-6-4-2/h22,25H,3-21,23-24,26-42H2,1-2H3. The van der Waals surface area contributed by atoms with Crippen LogP contribution in [0.1, 0.15) is 245 Å². The molecular weight excluding hydrogens is 564 g/mol. The van der Waals surface area contributed by atoms with E-state index in [0.717, 1.165) is 25.7 Å². The van der Waals surface area contributed by atoms with Crippen LogP contribution in [0.25, 0.3) is 0 Å². The van der Waals surface area contributed by atoms with Crippen molar-refractivity contribution in [3.05, 3.63) is 12.2 Å². The van der Waals surface area contributed by atoms with Gasteiger partial charge in [-0.2, -0.15) is 0 Å². The Bertz CT molecular complexity index is 587. The number of ether oxygens (including phenoxy) is 2. The lowest BCUT2D eigenvalue weighted by molar-refractivity contribution is 0.0529. The first-order valence-electron chi connectivity index (χ1n) is 21.3. The van der Waals surface area contributed by atoms with Crippen molar-refractivity contribution in [2.45, 2.75) is 245 Å². The van der Waals surface area contributed by atoms with Gasteiger partial charge in [0.25, 0.3) is 0 Å². The Balaban J connectivity index is 3.18. The van der Waals surface area contributed by atoms with Gasteiger partial charge < -0.3 is 9.47 Å². The molecule has 3 nitrogen and oxygen atoms in total. The van der Waals surface area contributed by atoms with Crippen LogP contribution in [0.5, 0.6) is 0 Å². The SMILES string of the molecule is CCCCCCCCCCC=CCCCCCCCCOC(=O)OCCCCCCCCCCCCCCCCCCCCCC. The van der Waals surface area contributed by atoms with Crippen molar-refractivity contribution in [1.29, 1.82) is 0 Å². The summed E-state index contributed by atoms with van der Waals surface area (Å²) in [6.45, 7) is 5.59. The summed E-state index contributed by atoms with van der Waals surface area (Å²) in [5.74, 6) is 0. The maximum absolute atomic E-state index is 11.8. The van der Waals surface area contributed by atoms with E-state index < -0.39 is 6.16 Å². The summed E-state index contributed by atoms with van der Waals surface area (Å²) in [7, 11) is 0. The summed E-state index contributed by atoms with van der Waals surface area (Å²) in [5.41, 5.74) is 0. The van der Waals surface area contributed by atoms with Crippen molar-refractivity contribution >= 4 is 6.16 Å².